The van der Waals surface area contributed by atoms with E-state index in [0.717, 1.165) is 24.1 Å². The Kier molecular flexibility index (Phi) is 3.02. The fourth-order valence-corrected chi connectivity index (χ4v) is 4.46. The topological polar surface area (TPSA) is 47.9 Å². The van der Waals surface area contributed by atoms with Gasteiger partial charge in [-0.15, -0.1) is 0 Å². The van der Waals surface area contributed by atoms with Crippen molar-refractivity contribution >= 4 is 23.3 Å². The lowest BCUT2D eigenvalue weighted by molar-refractivity contribution is -0.143. The molecule has 0 aromatic heterocycles. The van der Waals surface area contributed by atoms with Crippen LogP contribution >= 0.6 is 11.6 Å². The molecule has 2 saturated carbocycles. The van der Waals surface area contributed by atoms with E-state index in [2.05, 4.69) is 12.1 Å². The second-order valence-electron chi connectivity index (χ2n) is 6.72. The molecule has 3 aliphatic rings. The Morgan fingerprint density at radius 3 is 2.82 bits per heavy atom. The number of carbonyl (C=O) groups excluding carboxylic acids is 1. The normalized spacial score (nSPS) is 38.4. The van der Waals surface area contributed by atoms with Crippen LogP contribution in [0.2, 0.25) is 5.02 Å². The van der Waals surface area contributed by atoms with Gasteiger partial charge in [0.25, 0.3) is 0 Å². The summed E-state index contributed by atoms with van der Waals surface area (Å²) >= 11 is 5.97. The van der Waals surface area contributed by atoms with Gasteiger partial charge in [-0.05, 0) is 30.9 Å². The third kappa shape index (κ3) is 1.83. The second kappa shape index (κ2) is 4.72. The lowest BCUT2D eigenvalue weighted by Gasteiger charge is -2.34. The minimum absolute atomic E-state index is 0.0170. The number of hydrogen-bond donors (Lipinski definition) is 0. The molecule has 22 heavy (non-hydrogen) atoms. The maximum Gasteiger partial charge on any atom is 0.309 e. The number of fused-ring (bicyclic) bond motifs is 3. The molecule has 0 N–H and O–H groups in total. The first-order valence-corrected chi connectivity index (χ1v) is 8.02. The molecule has 5 heteroatoms. The molecule has 2 aliphatic carbocycles. The predicted molar refractivity (Wildman–Crippen MR) is 82.7 cm³/mol. The SMILES string of the molecule is COC(=O)C1C2CCC3(C)C(c4ccc(Cl)cc4)=NOC3C21. The van der Waals surface area contributed by atoms with E-state index in [0.29, 0.717) is 10.9 Å². The van der Waals surface area contributed by atoms with Gasteiger partial charge >= 0.3 is 5.97 Å². The van der Waals surface area contributed by atoms with Crippen LogP contribution in [-0.4, -0.2) is 24.9 Å². The van der Waals surface area contributed by atoms with Crippen molar-refractivity contribution in [2.45, 2.75) is 25.9 Å². The van der Waals surface area contributed by atoms with Crippen molar-refractivity contribution in [1.29, 1.82) is 0 Å². The minimum Gasteiger partial charge on any atom is -0.469 e. The van der Waals surface area contributed by atoms with Gasteiger partial charge in [0.05, 0.1) is 24.2 Å². The zero-order valence-corrected chi connectivity index (χ0v) is 13.3. The van der Waals surface area contributed by atoms with Crippen LogP contribution in [0.3, 0.4) is 0 Å². The highest BCUT2D eigenvalue weighted by atomic mass is 35.5. The van der Waals surface area contributed by atoms with E-state index in [9.17, 15) is 4.79 Å². The molecule has 0 radical (unpaired) electrons. The fourth-order valence-electron chi connectivity index (χ4n) is 4.33. The van der Waals surface area contributed by atoms with Crippen molar-refractivity contribution < 1.29 is 14.4 Å². The van der Waals surface area contributed by atoms with Gasteiger partial charge in [-0.3, -0.25) is 4.79 Å². The molecule has 116 valence electrons. The van der Waals surface area contributed by atoms with Crippen molar-refractivity contribution in [3.05, 3.63) is 34.9 Å². The summed E-state index contributed by atoms with van der Waals surface area (Å²) in [5, 5.41) is 5.08. The zero-order chi connectivity index (χ0) is 15.5. The number of carbonyl (C=O) groups is 1. The molecule has 1 aromatic carbocycles. The monoisotopic (exact) mass is 319 g/mol. The van der Waals surface area contributed by atoms with Crippen molar-refractivity contribution in [2.75, 3.05) is 7.11 Å². The highest BCUT2D eigenvalue weighted by Crippen LogP contribution is 2.63. The van der Waals surface area contributed by atoms with Crippen LogP contribution in [0.5, 0.6) is 0 Å². The Morgan fingerprint density at radius 2 is 2.14 bits per heavy atom. The van der Waals surface area contributed by atoms with Gasteiger partial charge in [0, 0.05) is 16.5 Å². The van der Waals surface area contributed by atoms with E-state index in [-0.39, 0.29) is 29.3 Å². The number of halogens is 1. The van der Waals surface area contributed by atoms with E-state index in [1.54, 1.807) is 0 Å². The third-order valence-electron chi connectivity index (χ3n) is 5.59. The summed E-state index contributed by atoms with van der Waals surface area (Å²) in [7, 11) is 1.46. The Labute approximate surface area is 134 Å². The van der Waals surface area contributed by atoms with Gasteiger partial charge in [-0.1, -0.05) is 35.8 Å². The van der Waals surface area contributed by atoms with Crippen LogP contribution in [0, 0.1) is 23.2 Å². The molecule has 5 atom stereocenters. The van der Waals surface area contributed by atoms with E-state index < -0.39 is 0 Å². The van der Waals surface area contributed by atoms with Crippen LogP contribution in [0.25, 0.3) is 0 Å². The van der Waals surface area contributed by atoms with E-state index in [1.807, 2.05) is 24.3 Å². The van der Waals surface area contributed by atoms with Crippen LogP contribution in [0.4, 0.5) is 0 Å². The summed E-state index contributed by atoms with van der Waals surface area (Å²) in [5.74, 6) is 0.504. The zero-order valence-electron chi connectivity index (χ0n) is 12.6. The fraction of sp³-hybridized carbons (Fsp3) is 0.529. The standard InChI is InChI=1S/C17H18ClNO3/c1-17-8-7-11-12(13(11)16(20)21-2)15(17)22-19-14(17)9-3-5-10(18)6-4-9/h3-6,11-13,15H,7-8H2,1-2H3. The number of rotatable bonds is 2. The summed E-state index contributed by atoms with van der Waals surface area (Å²) < 4.78 is 4.93. The lowest BCUT2D eigenvalue weighted by Crippen LogP contribution is -2.40. The average molecular weight is 320 g/mol. The van der Waals surface area contributed by atoms with Gasteiger partial charge in [0.15, 0.2) is 0 Å². The van der Waals surface area contributed by atoms with Crippen molar-refractivity contribution in [1.82, 2.24) is 0 Å². The highest BCUT2D eigenvalue weighted by molar-refractivity contribution is 6.30. The highest BCUT2D eigenvalue weighted by Gasteiger charge is 2.69. The number of ether oxygens (including phenoxy) is 1. The Morgan fingerprint density at radius 1 is 1.41 bits per heavy atom. The van der Waals surface area contributed by atoms with Gasteiger partial charge in [-0.2, -0.15) is 0 Å². The average Bonchev–Trinajstić information content (AvgIpc) is 3.14. The number of esters is 1. The lowest BCUT2D eigenvalue weighted by atomic mass is 9.69. The molecular weight excluding hydrogens is 302 g/mol. The quantitative estimate of drug-likeness (QED) is 0.786. The van der Waals surface area contributed by atoms with Crippen molar-refractivity contribution in [2.24, 2.45) is 28.3 Å². The summed E-state index contributed by atoms with van der Waals surface area (Å²) in [6, 6.07) is 7.70. The maximum absolute atomic E-state index is 11.9. The summed E-state index contributed by atoms with van der Waals surface area (Å²) in [6.45, 7) is 2.20. The van der Waals surface area contributed by atoms with Crippen molar-refractivity contribution in [3.8, 4) is 0 Å². The van der Waals surface area contributed by atoms with Gasteiger partial charge in [0.2, 0.25) is 0 Å². The first-order valence-electron chi connectivity index (χ1n) is 7.64. The Bertz CT molecular complexity index is 656. The number of hydrogen-bond acceptors (Lipinski definition) is 4. The molecule has 5 unspecified atom stereocenters. The molecule has 1 aliphatic heterocycles. The number of oxime groups is 1. The molecule has 0 saturated heterocycles. The van der Waals surface area contributed by atoms with Gasteiger partial charge < -0.3 is 9.57 Å². The van der Waals surface area contributed by atoms with E-state index in [1.165, 1.54) is 7.11 Å². The van der Waals surface area contributed by atoms with Gasteiger partial charge in [-0.25, -0.2) is 0 Å². The predicted octanol–water partition coefficient (Wildman–Crippen LogP) is 3.28. The molecule has 0 amide bonds. The number of methoxy groups -OCH3 is 1. The molecule has 0 spiro atoms. The van der Waals surface area contributed by atoms with E-state index in [4.69, 9.17) is 21.2 Å². The number of nitrogens with zero attached hydrogens (tertiary/aromatic N) is 1. The summed E-state index contributed by atoms with van der Waals surface area (Å²) in [5.41, 5.74) is 1.88. The summed E-state index contributed by atoms with van der Waals surface area (Å²) in [6.07, 6.45) is 1.97. The van der Waals surface area contributed by atoms with Gasteiger partial charge in [0.1, 0.15) is 6.10 Å². The minimum atomic E-state index is -0.141. The van der Waals surface area contributed by atoms with Crippen LogP contribution < -0.4 is 0 Å². The van der Waals surface area contributed by atoms with Crippen LogP contribution in [-0.2, 0) is 14.4 Å². The second-order valence-corrected chi connectivity index (χ2v) is 7.16. The first-order chi connectivity index (χ1) is 10.6. The van der Waals surface area contributed by atoms with E-state index >= 15 is 0 Å². The Hall–Kier alpha value is -1.55. The van der Waals surface area contributed by atoms with Crippen molar-refractivity contribution in [3.63, 3.8) is 0 Å². The maximum atomic E-state index is 11.9. The Balaban J connectivity index is 1.62. The summed E-state index contributed by atoms with van der Waals surface area (Å²) in [4.78, 5) is 17.7. The third-order valence-corrected chi connectivity index (χ3v) is 5.85. The molecule has 4 nitrogen and oxygen atoms in total. The van der Waals surface area contributed by atoms with Crippen LogP contribution in [0.15, 0.2) is 29.4 Å². The molecule has 2 fully saturated rings. The smallest absolute Gasteiger partial charge is 0.309 e. The number of benzene rings is 1. The molecular formula is C17H18ClNO3. The molecule has 1 heterocycles. The first kappa shape index (κ1) is 14.1. The molecule has 1 aromatic rings. The van der Waals surface area contributed by atoms with Crippen LogP contribution in [0.1, 0.15) is 25.3 Å². The molecule has 4 rings (SSSR count). The molecule has 0 bridgehead atoms. The largest absolute Gasteiger partial charge is 0.469 e.